The fraction of sp³-hybridized carbons (Fsp3) is 0.429. The predicted molar refractivity (Wildman–Crippen MR) is 74.1 cm³/mol. The van der Waals surface area contributed by atoms with Crippen molar-refractivity contribution in [3.63, 3.8) is 0 Å². The lowest BCUT2D eigenvalue weighted by molar-refractivity contribution is -0.153. The first kappa shape index (κ1) is 16.9. The molecule has 0 spiro atoms. The molecular formula is C14H15F3N2O4. The Balaban J connectivity index is 2.14. The molecule has 1 heterocycles. The van der Waals surface area contributed by atoms with Gasteiger partial charge in [0.05, 0.1) is 25.8 Å². The second-order valence-corrected chi connectivity index (χ2v) is 4.80. The van der Waals surface area contributed by atoms with Crippen LogP contribution < -0.4 is 10.1 Å². The molecule has 2 amide bonds. The Hall–Kier alpha value is -2.45. The van der Waals surface area contributed by atoms with Crippen LogP contribution in [0.1, 0.15) is 6.42 Å². The van der Waals surface area contributed by atoms with E-state index in [0.29, 0.717) is 4.90 Å². The number of halogens is 3. The Morgan fingerprint density at radius 2 is 2.13 bits per heavy atom. The average Bonchev–Trinajstić information content (AvgIpc) is 2.92. The Labute approximate surface area is 130 Å². The number of hydrogen-bond donors (Lipinski definition) is 1. The zero-order valence-electron chi connectivity index (χ0n) is 12.2. The number of hydrogen-bond acceptors (Lipinski definition) is 5. The van der Waals surface area contributed by atoms with Crippen molar-refractivity contribution >= 4 is 17.7 Å². The van der Waals surface area contributed by atoms with Crippen LogP contribution >= 0.6 is 0 Å². The second kappa shape index (κ2) is 6.76. The zero-order chi connectivity index (χ0) is 17.0. The minimum Gasteiger partial charge on any atom is -0.495 e. The molecule has 6 nitrogen and oxygen atoms in total. The number of ether oxygens (including phenoxy) is 2. The Bertz CT molecular complexity index is 592. The number of amides is 2. The number of para-hydroxylation sites is 2. The Morgan fingerprint density at radius 1 is 1.43 bits per heavy atom. The minimum atomic E-state index is -4.68. The monoisotopic (exact) mass is 332 g/mol. The summed E-state index contributed by atoms with van der Waals surface area (Å²) in [5.41, 5.74) is 0.106. The number of carbonyl (C=O) groups is 2. The van der Waals surface area contributed by atoms with Gasteiger partial charge in [0, 0.05) is 0 Å². The van der Waals surface area contributed by atoms with Crippen LogP contribution in [-0.2, 0) is 9.53 Å². The van der Waals surface area contributed by atoms with E-state index in [1.54, 1.807) is 6.07 Å². The van der Waals surface area contributed by atoms with Crippen LogP contribution in [0.5, 0.6) is 5.75 Å². The van der Waals surface area contributed by atoms with Gasteiger partial charge in [-0.1, -0.05) is 12.1 Å². The van der Waals surface area contributed by atoms with E-state index in [1.165, 1.54) is 25.3 Å². The number of imide groups is 1. The van der Waals surface area contributed by atoms with Gasteiger partial charge in [-0.2, -0.15) is 13.2 Å². The summed E-state index contributed by atoms with van der Waals surface area (Å²) in [5, 5.41) is 2.26. The van der Waals surface area contributed by atoms with Crippen molar-refractivity contribution in [3.8, 4) is 5.75 Å². The molecule has 1 aromatic rings. The van der Waals surface area contributed by atoms with Crippen molar-refractivity contribution in [1.82, 2.24) is 4.90 Å². The summed E-state index contributed by atoms with van der Waals surface area (Å²) in [5.74, 6) is -0.730. The quantitative estimate of drug-likeness (QED) is 0.897. The number of cyclic esters (lactones) is 1. The summed E-state index contributed by atoms with van der Waals surface area (Å²) in [6.07, 6.45) is -6.52. The highest BCUT2D eigenvalue weighted by molar-refractivity contribution is 5.93. The summed E-state index contributed by atoms with van der Waals surface area (Å²) in [7, 11) is 1.33. The molecule has 23 heavy (non-hydrogen) atoms. The fourth-order valence-electron chi connectivity index (χ4n) is 2.10. The van der Waals surface area contributed by atoms with E-state index in [9.17, 15) is 22.8 Å². The molecule has 1 aliphatic heterocycles. The lowest BCUT2D eigenvalue weighted by Crippen LogP contribution is -2.42. The molecule has 126 valence electrons. The number of carbonyl (C=O) groups excluding carboxylic acids is 2. The van der Waals surface area contributed by atoms with Crippen LogP contribution in [0.2, 0.25) is 0 Å². The van der Waals surface area contributed by atoms with E-state index in [4.69, 9.17) is 4.74 Å². The number of benzene rings is 1. The van der Waals surface area contributed by atoms with Crippen LogP contribution in [0, 0.1) is 0 Å². The number of methoxy groups -OCH3 is 1. The van der Waals surface area contributed by atoms with Gasteiger partial charge in [0.25, 0.3) is 0 Å². The maximum Gasteiger partial charge on any atom is 0.416 e. The van der Waals surface area contributed by atoms with Crippen molar-refractivity contribution in [1.29, 1.82) is 0 Å². The van der Waals surface area contributed by atoms with E-state index in [-0.39, 0.29) is 24.6 Å². The largest absolute Gasteiger partial charge is 0.495 e. The van der Waals surface area contributed by atoms with E-state index in [0.717, 1.165) is 0 Å². The normalized spacial score (nSPS) is 16.0. The van der Waals surface area contributed by atoms with Gasteiger partial charge in [0.1, 0.15) is 18.4 Å². The third-order valence-corrected chi connectivity index (χ3v) is 3.27. The van der Waals surface area contributed by atoms with Gasteiger partial charge in [-0.15, -0.1) is 0 Å². The van der Waals surface area contributed by atoms with E-state index < -0.39 is 30.6 Å². The maximum atomic E-state index is 13.2. The van der Waals surface area contributed by atoms with E-state index >= 15 is 0 Å². The Morgan fingerprint density at radius 3 is 2.70 bits per heavy atom. The standard InChI is InChI=1S/C14H15F3N2O4/c1-22-10-5-3-2-4-9(10)18-11(14(15,16)17)8-12(20)19-6-7-23-13(19)21/h2-5,11,18H,6-8H2,1H3. The molecule has 9 heteroatoms. The molecule has 0 bridgehead atoms. The number of rotatable bonds is 5. The topological polar surface area (TPSA) is 67.9 Å². The van der Waals surface area contributed by atoms with Gasteiger partial charge in [-0.25, -0.2) is 9.69 Å². The predicted octanol–water partition coefficient (Wildman–Crippen LogP) is 2.41. The number of nitrogens with one attached hydrogen (secondary N) is 1. The summed E-state index contributed by atoms with van der Waals surface area (Å²) < 4.78 is 49.1. The molecule has 0 radical (unpaired) electrons. The lowest BCUT2D eigenvalue weighted by atomic mass is 10.1. The van der Waals surface area contributed by atoms with Crippen LogP contribution in [0.3, 0.4) is 0 Å². The molecule has 1 aromatic carbocycles. The molecule has 0 saturated carbocycles. The first-order valence-corrected chi connectivity index (χ1v) is 6.76. The number of alkyl halides is 3. The molecule has 1 N–H and O–H groups in total. The second-order valence-electron chi connectivity index (χ2n) is 4.80. The molecule has 1 fully saturated rings. The molecule has 0 aromatic heterocycles. The SMILES string of the molecule is COc1ccccc1NC(CC(=O)N1CCOC1=O)C(F)(F)F. The van der Waals surface area contributed by atoms with Crippen LogP contribution in [-0.4, -0.2) is 49.4 Å². The number of nitrogens with zero attached hydrogens (tertiary/aromatic N) is 1. The summed E-state index contributed by atoms with van der Waals surface area (Å²) in [6.45, 7) is -0.0574. The summed E-state index contributed by atoms with van der Waals surface area (Å²) in [6, 6.07) is 3.90. The van der Waals surface area contributed by atoms with Gasteiger partial charge in [0.15, 0.2) is 0 Å². The highest BCUT2D eigenvalue weighted by Crippen LogP contribution is 2.31. The molecule has 1 aliphatic rings. The van der Waals surface area contributed by atoms with Crippen molar-refractivity contribution in [2.24, 2.45) is 0 Å². The molecule has 1 atom stereocenters. The first-order valence-electron chi connectivity index (χ1n) is 6.76. The van der Waals surface area contributed by atoms with Crippen molar-refractivity contribution in [3.05, 3.63) is 24.3 Å². The summed E-state index contributed by atoms with van der Waals surface area (Å²) in [4.78, 5) is 23.8. The molecule has 2 rings (SSSR count). The highest BCUT2D eigenvalue weighted by atomic mass is 19.4. The molecule has 1 unspecified atom stereocenters. The van der Waals surface area contributed by atoms with Gasteiger partial charge in [0.2, 0.25) is 5.91 Å². The highest BCUT2D eigenvalue weighted by Gasteiger charge is 2.43. The fourth-order valence-corrected chi connectivity index (χ4v) is 2.10. The van der Waals surface area contributed by atoms with E-state index in [1.807, 2.05) is 0 Å². The van der Waals surface area contributed by atoms with Crippen LogP contribution in [0.25, 0.3) is 0 Å². The summed E-state index contributed by atoms with van der Waals surface area (Å²) >= 11 is 0. The smallest absolute Gasteiger partial charge is 0.416 e. The molecule has 0 aliphatic carbocycles. The Kier molecular flexibility index (Phi) is 4.97. The third-order valence-electron chi connectivity index (χ3n) is 3.27. The van der Waals surface area contributed by atoms with Crippen molar-refractivity contribution < 1.29 is 32.2 Å². The zero-order valence-corrected chi connectivity index (χ0v) is 12.2. The van der Waals surface area contributed by atoms with Crippen LogP contribution in [0.4, 0.5) is 23.7 Å². The number of anilines is 1. The lowest BCUT2D eigenvalue weighted by Gasteiger charge is -2.24. The third kappa shape index (κ3) is 4.05. The average molecular weight is 332 g/mol. The van der Waals surface area contributed by atoms with Crippen molar-refractivity contribution in [2.75, 3.05) is 25.6 Å². The maximum absolute atomic E-state index is 13.2. The van der Waals surface area contributed by atoms with Crippen molar-refractivity contribution in [2.45, 2.75) is 18.6 Å². The van der Waals surface area contributed by atoms with Gasteiger partial charge in [-0.3, -0.25) is 4.79 Å². The minimum absolute atomic E-state index is 0.0127. The van der Waals surface area contributed by atoms with Gasteiger partial charge >= 0.3 is 12.3 Å². The first-order chi connectivity index (χ1) is 10.8. The van der Waals surface area contributed by atoms with Gasteiger partial charge in [-0.05, 0) is 12.1 Å². The van der Waals surface area contributed by atoms with Crippen LogP contribution in [0.15, 0.2) is 24.3 Å². The molecule has 1 saturated heterocycles. The van der Waals surface area contributed by atoms with Gasteiger partial charge < -0.3 is 14.8 Å². The van der Waals surface area contributed by atoms with E-state index in [2.05, 4.69) is 10.1 Å². The molecular weight excluding hydrogens is 317 g/mol.